The van der Waals surface area contributed by atoms with Crippen molar-refractivity contribution < 1.29 is 4.79 Å². The van der Waals surface area contributed by atoms with E-state index >= 15 is 0 Å². The summed E-state index contributed by atoms with van der Waals surface area (Å²) in [5, 5.41) is 4.82. The van der Waals surface area contributed by atoms with Crippen molar-refractivity contribution in [2.24, 2.45) is 0 Å². The van der Waals surface area contributed by atoms with Crippen LogP contribution in [0, 0.1) is 0 Å². The average Bonchev–Trinajstić information content (AvgIpc) is 3.45. The summed E-state index contributed by atoms with van der Waals surface area (Å²) >= 11 is 6.17. The third-order valence-corrected chi connectivity index (χ3v) is 5.44. The number of rotatable bonds is 3. The van der Waals surface area contributed by atoms with E-state index in [0.29, 0.717) is 17.0 Å². The first-order chi connectivity index (χ1) is 11.7. The predicted octanol–water partition coefficient (Wildman–Crippen LogP) is 4.43. The van der Waals surface area contributed by atoms with Crippen molar-refractivity contribution in [1.82, 2.24) is 15.2 Å². The lowest BCUT2D eigenvalue weighted by Crippen LogP contribution is -2.44. The van der Waals surface area contributed by atoms with E-state index in [1.807, 2.05) is 36.2 Å². The summed E-state index contributed by atoms with van der Waals surface area (Å²) in [6.07, 6.45) is 4.35. The fraction of sp³-hybridized carbons (Fsp3) is 0.474. The molecule has 1 saturated carbocycles. The molecule has 1 aromatic heterocycles. The van der Waals surface area contributed by atoms with Crippen LogP contribution in [0.4, 0.5) is 0 Å². The van der Waals surface area contributed by atoms with Gasteiger partial charge in [-0.25, -0.2) is 0 Å². The zero-order valence-corrected chi connectivity index (χ0v) is 17.1. The van der Waals surface area contributed by atoms with Gasteiger partial charge in [-0.15, -0.1) is 24.8 Å². The van der Waals surface area contributed by atoms with Gasteiger partial charge in [0.1, 0.15) is 0 Å². The van der Waals surface area contributed by atoms with Gasteiger partial charge < -0.3 is 10.2 Å². The first-order valence-electron chi connectivity index (χ1n) is 8.72. The van der Waals surface area contributed by atoms with E-state index in [9.17, 15) is 4.79 Å². The smallest absolute Gasteiger partial charge is 0.254 e. The van der Waals surface area contributed by atoms with Crippen molar-refractivity contribution in [3.8, 4) is 0 Å². The maximum atomic E-state index is 13.1. The van der Waals surface area contributed by atoms with Crippen LogP contribution < -0.4 is 5.32 Å². The second-order valence-electron chi connectivity index (χ2n) is 6.89. The van der Waals surface area contributed by atoms with Gasteiger partial charge in [-0.1, -0.05) is 11.6 Å². The van der Waals surface area contributed by atoms with E-state index in [-0.39, 0.29) is 30.7 Å². The molecule has 1 aliphatic heterocycles. The van der Waals surface area contributed by atoms with Crippen molar-refractivity contribution in [1.29, 1.82) is 0 Å². The number of likely N-dealkylation sites (tertiary alicyclic amines) is 1. The molecule has 0 unspecified atom stereocenters. The van der Waals surface area contributed by atoms with Gasteiger partial charge in [-0.05, 0) is 57.0 Å². The quantitative estimate of drug-likeness (QED) is 0.805. The number of hydrogen-bond donors (Lipinski definition) is 1. The number of aromatic nitrogens is 1. The van der Waals surface area contributed by atoms with E-state index in [2.05, 4.69) is 5.32 Å². The number of pyridine rings is 1. The molecule has 142 valence electrons. The van der Waals surface area contributed by atoms with Gasteiger partial charge in [-0.3, -0.25) is 9.78 Å². The Morgan fingerprint density at radius 2 is 1.85 bits per heavy atom. The van der Waals surface area contributed by atoms with Crippen LogP contribution in [0.2, 0.25) is 5.02 Å². The number of fused-ring (bicyclic) bond motifs is 1. The Bertz CT molecular complexity index is 787. The topological polar surface area (TPSA) is 45.2 Å². The van der Waals surface area contributed by atoms with Crippen LogP contribution in [0.1, 0.15) is 47.7 Å². The first-order valence-corrected chi connectivity index (χ1v) is 9.10. The molecule has 4 rings (SSSR count). The summed E-state index contributed by atoms with van der Waals surface area (Å²) in [4.78, 5) is 19.9. The second-order valence-corrected chi connectivity index (χ2v) is 7.32. The highest BCUT2D eigenvalue weighted by atomic mass is 35.5. The number of benzene rings is 1. The summed E-state index contributed by atoms with van der Waals surface area (Å²) in [6.45, 7) is 1.60. The fourth-order valence-electron chi connectivity index (χ4n) is 3.53. The number of carbonyl (C=O) groups excluding carboxylic acids is 1. The number of carbonyl (C=O) groups is 1. The molecule has 4 nitrogen and oxygen atoms in total. The Labute approximate surface area is 171 Å². The summed E-state index contributed by atoms with van der Waals surface area (Å²) in [7, 11) is 1.99. The van der Waals surface area contributed by atoms with Gasteiger partial charge in [0.25, 0.3) is 5.91 Å². The van der Waals surface area contributed by atoms with Crippen molar-refractivity contribution in [3.05, 3.63) is 40.5 Å². The maximum Gasteiger partial charge on any atom is 0.254 e. The fourth-order valence-corrected chi connectivity index (χ4v) is 3.70. The minimum atomic E-state index is 0. The van der Waals surface area contributed by atoms with Gasteiger partial charge in [-0.2, -0.15) is 0 Å². The van der Waals surface area contributed by atoms with Gasteiger partial charge in [0.2, 0.25) is 0 Å². The molecular weight excluding hydrogens is 393 g/mol. The molecule has 1 N–H and O–H groups in total. The largest absolute Gasteiger partial charge is 0.339 e. The molecule has 0 spiro atoms. The molecule has 1 amide bonds. The number of halogens is 3. The monoisotopic (exact) mass is 415 g/mol. The highest BCUT2D eigenvalue weighted by molar-refractivity contribution is 6.31. The molecule has 26 heavy (non-hydrogen) atoms. The van der Waals surface area contributed by atoms with Gasteiger partial charge in [0.15, 0.2) is 0 Å². The Morgan fingerprint density at radius 3 is 2.46 bits per heavy atom. The summed E-state index contributed by atoms with van der Waals surface area (Å²) in [5.41, 5.74) is 2.68. The molecule has 1 aromatic carbocycles. The first kappa shape index (κ1) is 21.2. The number of nitrogens with zero attached hydrogens (tertiary/aromatic N) is 2. The third-order valence-electron chi connectivity index (χ3n) is 5.21. The van der Waals surface area contributed by atoms with Crippen LogP contribution in [-0.4, -0.2) is 42.0 Å². The molecule has 1 aliphatic carbocycles. The normalized spacial score (nSPS) is 17.5. The number of amides is 1. The van der Waals surface area contributed by atoms with E-state index in [0.717, 1.165) is 48.1 Å². The lowest BCUT2D eigenvalue weighted by atomic mass is 10.0. The standard InChI is InChI=1S/C19H22ClN3O.2ClH/c1-21-14-6-8-23(9-7-14)19(24)16-11-18(12-2-3-12)22-17-5-4-13(20)10-15(16)17;;/h4-5,10-12,14,21H,2-3,6-9H2,1H3;2*1H. The van der Waals surface area contributed by atoms with Crippen molar-refractivity contribution in [2.45, 2.75) is 37.6 Å². The van der Waals surface area contributed by atoms with Crippen LogP contribution in [0.15, 0.2) is 24.3 Å². The Hall–Kier alpha value is -1.07. The van der Waals surface area contributed by atoms with Crippen LogP contribution in [0.5, 0.6) is 0 Å². The molecule has 7 heteroatoms. The van der Waals surface area contributed by atoms with E-state index in [1.54, 1.807) is 0 Å². The van der Waals surface area contributed by atoms with Crippen LogP contribution in [0.25, 0.3) is 10.9 Å². The van der Waals surface area contributed by atoms with Crippen molar-refractivity contribution in [3.63, 3.8) is 0 Å². The average molecular weight is 417 g/mol. The minimum absolute atomic E-state index is 0. The molecule has 2 aliphatic rings. The van der Waals surface area contributed by atoms with Crippen LogP contribution in [-0.2, 0) is 0 Å². The molecule has 2 heterocycles. The number of piperidine rings is 1. The molecule has 0 atom stereocenters. The summed E-state index contributed by atoms with van der Waals surface area (Å²) in [5.74, 6) is 0.632. The molecular formula is C19H24Cl3N3O. The Balaban J connectivity index is 0.00000121. The zero-order chi connectivity index (χ0) is 16.7. The lowest BCUT2D eigenvalue weighted by Gasteiger charge is -2.32. The minimum Gasteiger partial charge on any atom is -0.339 e. The van der Waals surface area contributed by atoms with Crippen LogP contribution in [0.3, 0.4) is 0 Å². The second kappa shape index (κ2) is 8.75. The lowest BCUT2D eigenvalue weighted by molar-refractivity contribution is 0.0709. The Morgan fingerprint density at radius 1 is 1.15 bits per heavy atom. The number of nitrogens with one attached hydrogen (secondary N) is 1. The van der Waals surface area contributed by atoms with Crippen LogP contribution >= 0.6 is 36.4 Å². The van der Waals surface area contributed by atoms with Crippen molar-refractivity contribution >= 4 is 53.2 Å². The molecule has 2 aromatic rings. The highest BCUT2D eigenvalue weighted by Gasteiger charge is 2.29. The van der Waals surface area contributed by atoms with E-state index < -0.39 is 0 Å². The number of hydrogen-bond acceptors (Lipinski definition) is 3. The zero-order valence-electron chi connectivity index (χ0n) is 14.7. The summed E-state index contributed by atoms with van der Waals surface area (Å²) < 4.78 is 0. The van der Waals surface area contributed by atoms with Gasteiger partial charge in [0, 0.05) is 41.2 Å². The SMILES string of the molecule is CNC1CCN(C(=O)c2cc(C3CC3)nc3ccc(Cl)cc23)CC1.Cl.Cl. The summed E-state index contributed by atoms with van der Waals surface area (Å²) in [6, 6.07) is 8.16. The molecule has 1 saturated heterocycles. The van der Waals surface area contributed by atoms with Gasteiger partial charge in [0.05, 0.1) is 11.1 Å². The highest BCUT2D eigenvalue weighted by Crippen LogP contribution is 2.40. The molecule has 0 radical (unpaired) electrons. The maximum absolute atomic E-state index is 13.1. The van der Waals surface area contributed by atoms with Gasteiger partial charge >= 0.3 is 0 Å². The molecule has 2 fully saturated rings. The van der Waals surface area contributed by atoms with E-state index in [4.69, 9.17) is 16.6 Å². The Kier molecular flexibility index (Phi) is 7.14. The molecule has 0 bridgehead atoms. The van der Waals surface area contributed by atoms with E-state index in [1.165, 1.54) is 12.8 Å². The predicted molar refractivity (Wildman–Crippen MR) is 111 cm³/mol. The van der Waals surface area contributed by atoms with Crippen molar-refractivity contribution in [2.75, 3.05) is 20.1 Å². The third kappa shape index (κ3) is 4.25.